The van der Waals surface area contributed by atoms with Crippen molar-refractivity contribution in [1.82, 2.24) is 14.8 Å². The van der Waals surface area contributed by atoms with Crippen molar-refractivity contribution in [2.24, 2.45) is 5.73 Å². The number of rotatable bonds is 9. The molecule has 1 aromatic heterocycles. The minimum absolute atomic E-state index is 0.206. The number of hydrogen-bond acceptors (Lipinski definition) is 8. The number of primary amides is 1. The molecule has 188 valence electrons. The summed E-state index contributed by atoms with van der Waals surface area (Å²) in [5, 5.41) is 23.7. The van der Waals surface area contributed by atoms with Gasteiger partial charge in [-0.15, -0.1) is 11.3 Å². The summed E-state index contributed by atoms with van der Waals surface area (Å²) in [6, 6.07) is 11.2. The Morgan fingerprint density at radius 3 is 2.81 bits per heavy atom. The van der Waals surface area contributed by atoms with E-state index < -0.39 is 5.91 Å². The maximum absolute atomic E-state index is 12.9. The monoisotopic (exact) mass is 507 g/mol. The fourth-order valence-corrected chi connectivity index (χ4v) is 5.30. The molecule has 0 saturated carbocycles. The van der Waals surface area contributed by atoms with E-state index in [1.807, 2.05) is 30.3 Å². The predicted molar refractivity (Wildman–Crippen MR) is 138 cm³/mol. The van der Waals surface area contributed by atoms with Crippen molar-refractivity contribution in [1.29, 1.82) is 10.5 Å². The summed E-state index contributed by atoms with van der Waals surface area (Å²) >= 11 is 1.04. The van der Waals surface area contributed by atoms with Gasteiger partial charge in [0.2, 0.25) is 5.91 Å². The summed E-state index contributed by atoms with van der Waals surface area (Å²) in [5.74, 6) is -0.964. The summed E-state index contributed by atoms with van der Waals surface area (Å²) < 4.78 is 1.95. The first-order valence-electron chi connectivity index (χ1n) is 11.8. The lowest BCUT2D eigenvalue weighted by molar-refractivity contribution is -0.124. The molecule has 4 N–H and O–H groups in total. The normalized spacial score (nSPS) is 17.1. The van der Waals surface area contributed by atoms with Crippen LogP contribution in [-0.4, -0.2) is 47.0 Å². The molecular formula is C25H29N7O3S. The van der Waals surface area contributed by atoms with E-state index in [1.54, 1.807) is 19.2 Å². The van der Waals surface area contributed by atoms with Crippen LogP contribution in [0.15, 0.2) is 29.1 Å². The summed E-state index contributed by atoms with van der Waals surface area (Å²) in [6.07, 6.45) is 5.20. The molecular weight excluding hydrogens is 478 g/mol. The number of nitrogens with two attached hydrogens (primary N) is 1. The van der Waals surface area contributed by atoms with Crippen LogP contribution in [0.3, 0.4) is 0 Å². The van der Waals surface area contributed by atoms with Gasteiger partial charge in [-0.25, -0.2) is 0 Å². The van der Waals surface area contributed by atoms with E-state index in [4.69, 9.17) is 11.0 Å². The number of carbonyl (C=O) groups excluding carboxylic acids is 2. The Hall–Kier alpha value is -3.93. The molecule has 2 amide bonds. The van der Waals surface area contributed by atoms with E-state index in [9.17, 15) is 19.6 Å². The number of nitrogens with one attached hydrogen (secondary N) is 2. The van der Waals surface area contributed by atoms with Crippen molar-refractivity contribution in [2.45, 2.75) is 45.2 Å². The highest BCUT2D eigenvalue weighted by Gasteiger charge is 2.26. The Morgan fingerprint density at radius 1 is 1.31 bits per heavy atom. The van der Waals surface area contributed by atoms with Gasteiger partial charge in [-0.1, -0.05) is 18.6 Å². The second-order valence-corrected chi connectivity index (χ2v) is 9.37. The number of nitriles is 2. The van der Waals surface area contributed by atoms with Gasteiger partial charge in [-0.2, -0.15) is 10.5 Å². The molecule has 2 aromatic rings. The molecule has 36 heavy (non-hydrogen) atoms. The lowest BCUT2D eigenvalue weighted by atomic mass is 10.0. The number of anilines is 1. The number of likely N-dealkylation sites (tertiary alicyclic amines) is 1. The zero-order valence-electron chi connectivity index (χ0n) is 20.1. The van der Waals surface area contributed by atoms with Gasteiger partial charge in [0.05, 0.1) is 12.1 Å². The van der Waals surface area contributed by atoms with Gasteiger partial charge in [0.1, 0.15) is 21.8 Å². The predicted octanol–water partition coefficient (Wildman–Crippen LogP) is -0.0238. The topological polar surface area (TPSA) is 157 Å². The van der Waals surface area contributed by atoms with Crippen LogP contribution in [0, 0.1) is 22.7 Å². The first-order valence-corrected chi connectivity index (χ1v) is 12.6. The van der Waals surface area contributed by atoms with E-state index in [1.165, 1.54) is 4.57 Å². The SMILES string of the molecule is CCn1c(=C(C#N)C(=O)NCC#N)sc(=CNc2cccc(CCN3CCCCC3C(N)=O)c2)c1=O. The van der Waals surface area contributed by atoms with Gasteiger partial charge in [0, 0.05) is 25.0 Å². The van der Waals surface area contributed by atoms with Crippen LogP contribution in [0.4, 0.5) is 5.69 Å². The molecule has 2 heterocycles. The standard InChI is InChI=1S/C25H29N7O3S/c1-2-32-24(35)21(36-25(32)19(15-27)23(34)29-11-10-26)16-30-18-7-5-6-17(14-18)9-13-31-12-4-3-8-20(31)22(28)33/h5-7,14,16,20,30H,2-4,8-9,11-13H2,1H3,(H2,28,33)(H,29,34). The van der Waals surface area contributed by atoms with Crippen molar-refractivity contribution in [3.05, 3.63) is 49.4 Å². The summed E-state index contributed by atoms with van der Waals surface area (Å²) in [5.41, 5.74) is 6.91. The fraction of sp³-hybridized carbons (Fsp3) is 0.400. The third kappa shape index (κ3) is 6.39. The first kappa shape index (κ1) is 26.7. The summed E-state index contributed by atoms with van der Waals surface area (Å²) in [6.45, 7) is 3.40. The van der Waals surface area contributed by atoms with Gasteiger partial charge < -0.3 is 16.4 Å². The highest BCUT2D eigenvalue weighted by Crippen LogP contribution is 2.18. The lowest BCUT2D eigenvalue weighted by Gasteiger charge is -2.33. The first-order chi connectivity index (χ1) is 17.4. The van der Waals surface area contributed by atoms with Gasteiger partial charge in [-0.3, -0.25) is 23.9 Å². The lowest BCUT2D eigenvalue weighted by Crippen LogP contribution is -2.48. The number of hydrogen-bond donors (Lipinski definition) is 3. The molecule has 1 unspecified atom stereocenters. The molecule has 11 heteroatoms. The molecule has 0 bridgehead atoms. The molecule has 1 aliphatic heterocycles. The zero-order chi connectivity index (χ0) is 26.1. The molecule has 1 aliphatic rings. The minimum Gasteiger partial charge on any atom is -0.368 e. The molecule has 1 atom stereocenters. The number of piperidine rings is 1. The Labute approximate surface area is 212 Å². The van der Waals surface area contributed by atoms with Crippen LogP contribution < -0.4 is 31.1 Å². The quantitative estimate of drug-likeness (QED) is 0.402. The number of aromatic nitrogens is 1. The van der Waals surface area contributed by atoms with Gasteiger partial charge in [0.15, 0.2) is 5.57 Å². The highest BCUT2D eigenvalue weighted by molar-refractivity contribution is 7.07. The third-order valence-electron chi connectivity index (χ3n) is 6.03. The van der Waals surface area contributed by atoms with E-state index in [-0.39, 0.29) is 40.8 Å². The molecule has 10 nitrogen and oxygen atoms in total. The van der Waals surface area contributed by atoms with Crippen LogP contribution in [-0.2, 0) is 22.6 Å². The van der Waals surface area contributed by atoms with Crippen LogP contribution in [0.5, 0.6) is 0 Å². The molecule has 0 spiro atoms. The number of nitrogens with zero attached hydrogens (tertiary/aromatic N) is 4. The summed E-state index contributed by atoms with van der Waals surface area (Å²) in [7, 11) is 0. The third-order valence-corrected chi connectivity index (χ3v) is 7.16. The van der Waals surface area contributed by atoms with E-state index in [0.29, 0.717) is 4.53 Å². The number of carbonyl (C=O) groups is 2. The van der Waals surface area contributed by atoms with Crippen LogP contribution in [0.25, 0.3) is 11.8 Å². The van der Waals surface area contributed by atoms with Gasteiger partial charge >= 0.3 is 0 Å². The molecule has 3 rings (SSSR count). The van der Waals surface area contributed by atoms with Crippen LogP contribution in [0.2, 0.25) is 0 Å². The largest absolute Gasteiger partial charge is 0.368 e. The van der Waals surface area contributed by atoms with E-state index in [0.717, 1.165) is 61.4 Å². The highest BCUT2D eigenvalue weighted by atomic mass is 32.1. The van der Waals surface area contributed by atoms with Crippen molar-refractivity contribution < 1.29 is 9.59 Å². The minimum atomic E-state index is -0.693. The van der Waals surface area contributed by atoms with E-state index >= 15 is 0 Å². The van der Waals surface area contributed by atoms with Crippen molar-refractivity contribution >= 4 is 40.6 Å². The van der Waals surface area contributed by atoms with Crippen LogP contribution >= 0.6 is 11.3 Å². The Balaban J connectivity index is 1.81. The molecule has 1 fully saturated rings. The Morgan fingerprint density at radius 2 is 2.11 bits per heavy atom. The second kappa shape index (κ2) is 12.7. The average molecular weight is 508 g/mol. The molecule has 1 saturated heterocycles. The summed E-state index contributed by atoms with van der Waals surface area (Å²) in [4.78, 5) is 39.1. The number of thiazole rings is 1. The zero-order valence-corrected chi connectivity index (χ0v) is 20.9. The van der Waals surface area contributed by atoms with Crippen molar-refractivity contribution in [3.63, 3.8) is 0 Å². The maximum Gasteiger partial charge on any atom is 0.270 e. The van der Waals surface area contributed by atoms with Crippen molar-refractivity contribution in [2.75, 3.05) is 25.0 Å². The smallest absolute Gasteiger partial charge is 0.270 e. The second-order valence-electron chi connectivity index (χ2n) is 8.34. The van der Waals surface area contributed by atoms with Gasteiger partial charge in [-0.05, 0) is 50.4 Å². The Kier molecular flexibility index (Phi) is 9.39. The molecule has 0 aliphatic carbocycles. The van der Waals surface area contributed by atoms with Crippen molar-refractivity contribution in [3.8, 4) is 12.1 Å². The average Bonchev–Trinajstić information content (AvgIpc) is 3.20. The molecule has 0 radical (unpaired) electrons. The molecule has 1 aromatic carbocycles. The number of benzene rings is 1. The van der Waals surface area contributed by atoms with E-state index in [2.05, 4.69) is 15.5 Å². The maximum atomic E-state index is 12.9. The fourth-order valence-electron chi connectivity index (χ4n) is 4.22. The van der Waals surface area contributed by atoms with Gasteiger partial charge in [0.25, 0.3) is 11.5 Å². The number of amides is 2. The van der Waals surface area contributed by atoms with Crippen LogP contribution in [0.1, 0.15) is 31.7 Å². The Bertz CT molecular complexity index is 1380.